The van der Waals surface area contributed by atoms with Gasteiger partial charge in [0.2, 0.25) is 0 Å². The highest BCUT2D eigenvalue weighted by atomic mass is 16.5. The number of pyridine rings is 1. The van der Waals surface area contributed by atoms with Crippen molar-refractivity contribution in [3.8, 4) is 5.75 Å². The Morgan fingerprint density at radius 3 is 2.80 bits per heavy atom. The van der Waals surface area contributed by atoms with Gasteiger partial charge in [0.1, 0.15) is 11.9 Å². The molecule has 132 valence electrons. The summed E-state index contributed by atoms with van der Waals surface area (Å²) >= 11 is 0. The topological polar surface area (TPSA) is 76.8 Å². The first-order chi connectivity index (χ1) is 11.9. The number of para-hydroxylation sites is 1. The first-order valence-electron chi connectivity index (χ1n) is 8.65. The van der Waals surface area contributed by atoms with Crippen LogP contribution in [0.1, 0.15) is 37.7 Å². The summed E-state index contributed by atoms with van der Waals surface area (Å²) in [5.74, 6) is 0.770. The molecular formula is C20H26N4O. The van der Waals surface area contributed by atoms with Crippen molar-refractivity contribution >= 4 is 11.0 Å². The first kappa shape index (κ1) is 17.4. The molecule has 5 heteroatoms. The molecule has 25 heavy (non-hydrogen) atoms. The molecule has 0 amide bonds. The van der Waals surface area contributed by atoms with E-state index >= 15 is 0 Å². The molecule has 3 aromatic rings. The molecule has 1 aromatic carbocycles. The Labute approximate surface area is 148 Å². The van der Waals surface area contributed by atoms with Crippen molar-refractivity contribution < 1.29 is 4.74 Å². The van der Waals surface area contributed by atoms with E-state index in [9.17, 15) is 0 Å². The second kappa shape index (κ2) is 6.84. The van der Waals surface area contributed by atoms with Crippen LogP contribution in [0.25, 0.3) is 11.0 Å². The third-order valence-electron chi connectivity index (χ3n) is 4.85. The van der Waals surface area contributed by atoms with E-state index < -0.39 is 0 Å². The fourth-order valence-electron chi connectivity index (χ4n) is 3.01. The average molecular weight is 338 g/mol. The summed E-state index contributed by atoms with van der Waals surface area (Å²) in [5.41, 5.74) is 10.8. The van der Waals surface area contributed by atoms with E-state index in [1.54, 1.807) is 6.33 Å². The van der Waals surface area contributed by atoms with Gasteiger partial charge >= 0.3 is 0 Å². The van der Waals surface area contributed by atoms with Crippen molar-refractivity contribution in [3.63, 3.8) is 0 Å². The highest BCUT2D eigenvalue weighted by molar-refractivity contribution is 5.78. The first-order valence-corrected chi connectivity index (χ1v) is 8.65. The van der Waals surface area contributed by atoms with Crippen LogP contribution in [-0.2, 0) is 13.0 Å². The second-order valence-electron chi connectivity index (χ2n) is 7.24. The lowest BCUT2D eigenvalue weighted by atomic mass is 9.80. The summed E-state index contributed by atoms with van der Waals surface area (Å²) in [4.78, 5) is 12.1. The summed E-state index contributed by atoms with van der Waals surface area (Å²) in [6, 6.07) is 10.2. The lowest BCUT2D eigenvalue weighted by Crippen LogP contribution is -2.34. The molecule has 0 spiro atoms. The summed E-state index contributed by atoms with van der Waals surface area (Å²) in [7, 11) is 0. The second-order valence-corrected chi connectivity index (χ2v) is 7.24. The van der Waals surface area contributed by atoms with Gasteiger partial charge in [0.25, 0.3) is 0 Å². The van der Waals surface area contributed by atoms with Crippen LogP contribution in [0.5, 0.6) is 5.75 Å². The Morgan fingerprint density at radius 2 is 2.04 bits per heavy atom. The molecule has 5 nitrogen and oxygen atoms in total. The van der Waals surface area contributed by atoms with E-state index in [1.807, 2.05) is 25.1 Å². The van der Waals surface area contributed by atoms with E-state index in [0.29, 0.717) is 6.54 Å². The number of hydrogen-bond acceptors (Lipinski definition) is 4. The molecule has 0 saturated carbocycles. The predicted octanol–water partition coefficient (Wildman–Crippen LogP) is 3.76. The van der Waals surface area contributed by atoms with Crippen LogP contribution < -0.4 is 10.5 Å². The molecule has 1 atom stereocenters. The third-order valence-corrected chi connectivity index (χ3v) is 4.85. The number of nitrogens with one attached hydrogen (secondary N) is 1. The minimum Gasteiger partial charge on any atom is -0.488 e. The van der Waals surface area contributed by atoms with Crippen LogP contribution >= 0.6 is 0 Å². The highest BCUT2D eigenvalue weighted by Gasteiger charge is 2.29. The van der Waals surface area contributed by atoms with E-state index in [4.69, 9.17) is 10.5 Å². The van der Waals surface area contributed by atoms with Crippen molar-refractivity contribution in [2.45, 2.75) is 46.8 Å². The van der Waals surface area contributed by atoms with Crippen molar-refractivity contribution in [3.05, 3.63) is 53.6 Å². The van der Waals surface area contributed by atoms with Gasteiger partial charge in [-0.1, -0.05) is 26.0 Å². The zero-order valence-corrected chi connectivity index (χ0v) is 15.3. The van der Waals surface area contributed by atoms with Crippen LogP contribution in [0.2, 0.25) is 0 Å². The van der Waals surface area contributed by atoms with Gasteiger partial charge in [0.05, 0.1) is 23.1 Å². The maximum atomic E-state index is 6.25. The molecular weight excluding hydrogens is 312 g/mol. The zero-order chi connectivity index (χ0) is 18.0. The Hall–Kier alpha value is -2.40. The molecule has 2 aromatic heterocycles. The minimum atomic E-state index is -0.0794. The van der Waals surface area contributed by atoms with Gasteiger partial charge in [-0.15, -0.1) is 0 Å². The van der Waals surface area contributed by atoms with Crippen molar-refractivity contribution in [1.82, 2.24) is 15.0 Å². The van der Waals surface area contributed by atoms with Crippen molar-refractivity contribution in [2.75, 3.05) is 0 Å². The number of imidazole rings is 1. The Kier molecular flexibility index (Phi) is 4.77. The van der Waals surface area contributed by atoms with Gasteiger partial charge in [-0.2, -0.15) is 0 Å². The average Bonchev–Trinajstić information content (AvgIpc) is 3.06. The quantitative estimate of drug-likeness (QED) is 0.717. The zero-order valence-electron chi connectivity index (χ0n) is 15.3. The Morgan fingerprint density at radius 1 is 1.24 bits per heavy atom. The smallest absolute Gasteiger partial charge is 0.142 e. The van der Waals surface area contributed by atoms with E-state index in [-0.39, 0.29) is 11.5 Å². The van der Waals surface area contributed by atoms with Gasteiger partial charge < -0.3 is 15.5 Å². The van der Waals surface area contributed by atoms with Gasteiger partial charge in [0, 0.05) is 17.7 Å². The number of rotatable bonds is 6. The molecule has 0 radical (unpaired) electrons. The predicted molar refractivity (Wildman–Crippen MR) is 101 cm³/mol. The lowest BCUT2D eigenvalue weighted by Gasteiger charge is -2.32. The monoisotopic (exact) mass is 338 g/mol. The Balaban J connectivity index is 1.81. The number of hydrogen-bond donors (Lipinski definition) is 2. The number of benzene rings is 1. The van der Waals surface area contributed by atoms with Crippen LogP contribution in [0.4, 0.5) is 0 Å². The van der Waals surface area contributed by atoms with Crippen LogP contribution in [-0.4, -0.2) is 21.1 Å². The SMILES string of the molecule is Cc1ccc(OC(C)C(C)(C)Cc2cccc3[nH]cnc23)c(CN)n1. The normalized spacial score (nSPS) is 13.2. The Bertz CT molecular complexity index is 869. The van der Waals surface area contributed by atoms with Crippen LogP contribution in [0, 0.1) is 12.3 Å². The third kappa shape index (κ3) is 3.66. The highest BCUT2D eigenvalue weighted by Crippen LogP contribution is 2.32. The number of aryl methyl sites for hydroxylation is 1. The molecule has 1 unspecified atom stereocenters. The number of aromatic amines is 1. The standard InChI is InChI=1S/C20H26N4O/c1-13-8-9-18(17(11-21)24-13)25-14(2)20(3,4)10-15-6-5-7-16-19(15)23-12-22-16/h5-9,12,14H,10-11,21H2,1-4H3,(H,22,23). The van der Waals surface area contributed by atoms with Crippen molar-refractivity contribution in [2.24, 2.45) is 11.1 Å². The molecule has 0 aliphatic carbocycles. The summed E-state index contributed by atoms with van der Waals surface area (Å²) in [5, 5.41) is 0. The molecule has 0 aliphatic heterocycles. The summed E-state index contributed by atoms with van der Waals surface area (Å²) < 4.78 is 6.25. The molecule has 0 aliphatic rings. The number of aromatic nitrogens is 3. The molecule has 2 heterocycles. The number of fused-ring (bicyclic) bond motifs is 1. The maximum absolute atomic E-state index is 6.25. The van der Waals surface area contributed by atoms with E-state index in [1.165, 1.54) is 5.56 Å². The number of nitrogens with zero attached hydrogens (tertiary/aromatic N) is 2. The van der Waals surface area contributed by atoms with Gasteiger partial charge in [-0.05, 0) is 44.0 Å². The molecule has 0 fully saturated rings. The van der Waals surface area contributed by atoms with E-state index in [0.717, 1.165) is 34.6 Å². The maximum Gasteiger partial charge on any atom is 0.142 e. The van der Waals surface area contributed by atoms with Crippen LogP contribution in [0.3, 0.4) is 0 Å². The summed E-state index contributed by atoms with van der Waals surface area (Å²) in [6.45, 7) is 8.86. The number of H-pyrrole nitrogens is 1. The molecule has 0 bridgehead atoms. The van der Waals surface area contributed by atoms with Crippen LogP contribution in [0.15, 0.2) is 36.7 Å². The van der Waals surface area contributed by atoms with Gasteiger partial charge in [-0.3, -0.25) is 4.98 Å². The lowest BCUT2D eigenvalue weighted by molar-refractivity contribution is 0.0877. The largest absolute Gasteiger partial charge is 0.488 e. The minimum absolute atomic E-state index is 0.00324. The molecule has 3 rings (SSSR count). The fraction of sp³-hybridized carbons (Fsp3) is 0.400. The van der Waals surface area contributed by atoms with Gasteiger partial charge in [0.15, 0.2) is 0 Å². The summed E-state index contributed by atoms with van der Waals surface area (Å²) in [6.07, 6.45) is 2.61. The van der Waals surface area contributed by atoms with E-state index in [2.05, 4.69) is 47.9 Å². The van der Waals surface area contributed by atoms with Crippen molar-refractivity contribution in [1.29, 1.82) is 0 Å². The van der Waals surface area contributed by atoms with Gasteiger partial charge in [-0.25, -0.2) is 4.98 Å². The number of ether oxygens (including phenoxy) is 1. The fourth-order valence-corrected chi connectivity index (χ4v) is 3.01. The number of nitrogens with two attached hydrogens (primary N) is 1. The molecule has 3 N–H and O–H groups in total. The molecule has 0 saturated heterocycles.